The van der Waals surface area contributed by atoms with Crippen molar-refractivity contribution in [1.82, 2.24) is 0 Å². The first-order valence-electron chi connectivity index (χ1n) is 14.6. The lowest BCUT2D eigenvalue weighted by Crippen LogP contribution is -2.67. The largest absolute Gasteiger partial charge is 0.370 e. The van der Waals surface area contributed by atoms with Crippen molar-refractivity contribution in [1.29, 1.82) is 5.26 Å². The average molecular weight is 500 g/mol. The monoisotopic (exact) mass is 499 g/mol. The zero-order valence-electron chi connectivity index (χ0n) is 23.2. The SMILES string of the molecule is CC1C2CCC3(N)C4CC(N=O)C(C5(C)CCC(C(C)(C)C#N)O5)C4(C)CCC34CC24CCC1(C)F. The zero-order chi connectivity index (χ0) is 26.2. The minimum Gasteiger partial charge on any atom is -0.370 e. The summed E-state index contributed by atoms with van der Waals surface area (Å²) in [5.74, 6) is 0.736. The van der Waals surface area contributed by atoms with Crippen LogP contribution >= 0.6 is 0 Å². The highest BCUT2D eigenvalue weighted by atomic mass is 19.1. The van der Waals surface area contributed by atoms with E-state index in [0.717, 1.165) is 57.8 Å². The third-order valence-corrected chi connectivity index (χ3v) is 13.8. The maximum absolute atomic E-state index is 15.4. The topological polar surface area (TPSA) is 88.5 Å². The Hall–Kier alpha value is -1.06. The van der Waals surface area contributed by atoms with Gasteiger partial charge in [0.1, 0.15) is 5.67 Å². The van der Waals surface area contributed by atoms with Gasteiger partial charge in [0.05, 0.1) is 29.2 Å². The van der Waals surface area contributed by atoms with Gasteiger partial charge in [-0.1, -0.05) is 19.0 Å². The predicted octanol–water partition coefficient (Wildman–Crippen LogP) is 6.69. The van der Waals surface area contributed by atoms with E-state index in [0.29, 0.717) is 12.3 Å². The van der Waals surface area contributed by atoms with Crippen LogP contribution < -0.4 is 5.73 Å². The van der Waals surface area contributed by atoms with Crippen LogP contribution in [0.2, 0.25) is 0 Å². The van der Waals surface area contributed by atoms with Crippen LogP contribution in [0.1, 0.15) is 106 Å². The molecule has 5 nitrogen and oxygen atoms in total. The Balaban J connectivity index is 1.35. The van der Waals surface area contributed by atoms with Crippen molar-refractivity contribution in [3.8, 4) is 6.07 Å². The first kappa shape index (κ1) is 25.2. The molecule has 2 N–H and O–H groups in total. The maximum Gasteiger partial charge on any atom is 0.111 e. The molecule has 36 heavy (non-hydrogen) atoms. The number of fused-ring (bicyclic) bond motifs is 2. The molecule has 6 rings (SSSR count). The van der Waals surface area contributed by atoms with Gasteiger partial charge in [-0.05, 0) is 126 Å². The summed E-state index contributed by atoms with van der Waals surface area (Å²) in [6.07, 6.45) is 9.09. The van der Waals surface area contributed by atoms with E-state index in [-0.39, 0.29) is 51.7 Å². The van der Waals surface area contributed by atoms with Crippen molar-refractivity contribution in [2.45, 2.75) is 135 Å². The van der Waals surface area contributed by atoms with Crippen LogP contribution in [0.5, 0.6) is 0 Å². The molecule has 0 aromatic heterocycles. The van der Waals surface area contributed by atoms with Gasteiger partial charge in [-0.2, -0.15) is 10.2 Å². The summed E-state index contributed by atoms with van der Waals surface area (Å²) >= 11 is 0. The van der Waals surface area contributed by atoms with Gasteiger partial charge in [0.2, 0.25) is 0 Å². The molecule has 0 bridgehead atoms. The first-order valence-corrected chi connectivity index (χ1v) is 14.6. The van der Waals surface area contributed by atoms with E-state index >= 15 is 4.39 Å². The number of hydrogen-bond acceptors (Lipinski definition) is 5. The smallest absolute Gasteiger partial charge is 0.111 e. The second kappa shape index (κ2) is 7.12. The quantitative estimate of drug-likeness (QED) is 0.438. The molecule has 5 aliphatic carbocycles. The molecule has 0 amide bonds. The highest BCUT2D eigenvalue weighted by Crippen LogP contribution is 2.87. The fourth-order valence-electron chi connectivity index (χ4n) is 11.7. The first-order chi connectivity index (χ1) is 16.7. The molecule has 1 saturated heterocycles. The number of hydrogen-bond donors (Lipinski definition) is 1. The van der Waals surface area contributed by atoms with Gasteiger partial charge in [-0.3, -0.25) is 0 Å². The Morgan fingerprint density at radius 3 is 2.47 bits per heavy atom. The fraction of sp³-hybridized carbons (Fsp3) is 0.967. The number of halogens is 1. The van der Waals surface area contributed by atoms with Gasteiger partial charge in [-0.15, -0.1) is 0 Å². The van der Waals surface area contributed by atoms with E-state index in [9.17, 15) is 10.2 Å². The number of ether oxygens (including phenoxy) is 1. The van der Waals surface area contributed by atoms with Crippen LogP contribution in [0, 0.1) is 61.6 Å². The van der Waals surface area contributed by atoms with Crippen LogP contribution in [-0.2, 0) is 4.74 Å². The summed E-state index contributed by atoms with van der Waals surface area (Å²) in [5.41, 5.74) is 5.36. The molecule has 5 saturated carbocycles. The van der Waals surface area contributed by atoms with Crippen molar-refractivity contribution in [3.63, 3.8) is 0 Å². The molecule has 6 fully saturated rings. The molecule has 12 atom stereocenters. The van der Waals surface area contributed by atoms with Gasteiger partial charge in [0.25, 0.3) is 0 Å². The lowest BCUT2D eigenvalue weighted by Gasteiger charge is -2.63. The van der Waals surface area contributed by atoms with Crippen molar-refractivity contribution >= 4 is 0 Å². The summed E-state index contributed by atoms with van der Waals surface area (Å²) in [6.45, 7) is 12.4. The zero-order valence-corrected chi connectivity index (χ0v) is 23.2. The molecule has 0 aromatic rings. The summed E-state index contributed by atoms with van der Waals surface area (Å²) in [4.78, 5) is 12.4. The third-order valence-electron chi connectivity index (χ3n) is 13.8. The molecular weight excluding hydrogens is 453 g/mol. The van der Waals surface area contributed by atoms with Crippen molar-refractivity contribution in [2.24, 2.45) is 56.2 Å². The van der Waals surface area contributed by atoms with Crippen LogP contribution in [0.4, 0.5) is 4.39 Å². The Morgan fingerprint density at radius 1 is 1.08 bits per heavy atom. The van der Waals surface area contributed by atoms with Crippen LogP contribution in [0.25, 0.3) is 0 Å². The second-order valence-corrected chi connectivity index (χ2v) is 15.4. The van der Waals surface area contributed by atoms with Gasteiger partial charge in [-0.25, -0.2) is 4.39 Å². The molecule has 0 radical (unpaired) electrons. The van der Waals surface area contributed by atoms with E-state index in [1.165, 1.54) is 0 Å². The molecule has 6 aliphatic rings. The van der Waals surface area contributed by atoms with Gasteiger partial charge in [0, 0.05) is 11.5 Å². The van der Waals surface area contributed by atoms with Crippen molar-refractivity contribution in [3.05, 3.63) is 4.91 Å². The minimum absolute atomic E-state index is 0.0107. The molecule has 0 aromatic carbocycles. The number of nitriles is 1. The molecule has 1 aliphatic heterocycles. The van der Waals surface area contributed by atoms with Crippen LogP contribution in [0.3, 0.4) is 0 Å². The van der Waals surface area contributed by atoms with E-state index in [2.05, 4.69) is 32.0 Å². The third kappa shape index (κ3) is 2.73. The number of nitrogens with two attached hydrogens (primary N) is 1. The Bertz CT molecular complexity index is 1020. The van der Waals surface area contributed by atoms with E-state index in [4.69, 9.17) is 10.5 Å². The Kier molecular flexibility index (Phi) is 4.99. The normalized spacial score (nSPS) is 59.8. The highest BCUT2D eigenvalue weighted by Gasteiger charge is 2.85. The lowest BCUT2D eigenvalue weighted by atomic mass is 9.44. The summed E-state index contributed by atoms with van der Waals surface area (Å²) in [7, 11) is 0. The van der Waals surface area contributed by atoms with Crippen molar-refractivity contribution < 1.29 is 9.13 Å². The van der Waals surface area contributed by atoms with Crippen molar-refractivity contribution in [2.75, 3.05) is 0 Å². The molecule has 200 valence electrons. The molecule has 12 unspecified atom stereocenters. The molecule has 2 spiro atoms. The Labute approximate surface area is 216 Å². The standard InChI is InChI=1S/C30H46FN3O2/c1-18-19-7-10-30(33)21-15-20(34-35)23(27(6)9-8-22(36-27)24(2,3)17-32)25(21,4)11-14-29(30)16-28(19,29)13-12-26(18,5)31/h18-23H,7-16,33H2,1-6H3. The van der Waals surface area contributed by atoms with E-state index < -0.39 is 16.7 Å². The van der Waals surface area contributed by atoms with Gasteiger partial charge < -0.3 is 10.5 Å². The maximum atomic E-state index is 15.4. The number of nitroso groups, excluding NO2 is 1. The number of nitrogens with zero attached hydrogens (tertiary/aromatic N) is 2. The second-order valence-electron chi connectivity index (χ2n) is 15.4. The summed E-state index contributed by atoms with van der Waals surface area (Å²) in [6, 6.07) is 2.13. The minimum atomic E-state index is -1.08. The fourth-order valence-corrected chi connectivity index (χ4v) is 11.7. The van der Waals surface area contributed by atoms with E-state index in [1.807, 2.05) is 20.8 Å². The molecular formula is C30H46FN3O2. The van der Waals surface area contributed by atoms with Gasteiger partial charge in [0.15, 0.2) is 0 Å². The van der Waals surface area contributed by atoms with Crippen LogP contribution in [0.15, 0.2) is 5.18 Å². The molecule has 6 heteroatoms. The predicted molar refractivity (Wildman–Crippen MR) is 137 cm³/mol. The number of rotatable bonds is 3. The van der Waals surface area contributed by atoms with Crippen LogP contribution in [-0.4, -0.2) is 29.0 Å². The summed E-state index contributed by atoms with van der Waals surface area (Å²) in [5, 5.41) is 13.5. The summed E-state index contributed by atoms with van der Waals surface area (Å²) < 4.78 is 22.2. The highest BCUT2D eigenvalue weighted by molar-refractivity contribution is 5.36. The average Bonchev–Trinajstić information content (AvgIpc) is 3.14. The lowest BCUT2D eigenvalue weighted by molar-refractivity contribution is -0.156. The molecule has 1 heterocycles. The van der Waals surface area contributed by atoms with Gasteiger partial charge >= 0.3 is 0 Å². The van der Waals surface area contributed by atoms with E-state index in [1.54, 1.807) is 0 Å². The number of alkyl halides is 1. The Morgan fingerprint density at radius 2 is 1.81 bits per heavy atom.